The molecular weight excluding hydrogens is 200 g/mol. The molecule has 1 aromatic heterocycles. The minimum Gasteiger partial charge on any atom is -0.331 e. The SMILES string of the molecule is CC(=O)CCCCn1cnc2ccccc21. The summed E-state index contributed by atoms with van der Waals surface area (Å²) in [4.78, 5) is 15.1. The van der Waals surface area contributed by atoms with E-state index in [0.29, 0.717) is 6.42 Å². The lowest BCUT2D eigenvalue weighted by atomic mass is 10.2. The lowest BCUT2D eigenvalue weighted by molar-refractivity contribution is -0.117. The number of rotatable bonds is 5. The van der Waals surface area contributed by atoms with Crippen LogP contribution in [0.25, 0.3) is 11.0 Å². The van der Waals surface area contributed by atoms with Gasteiger partial charge in [-0.1, -0.05) is 12.1 Å². The van der Waals surface area contributed by atoms with E-state index in [9.17, 15) is 4.79 Å². The van der Waals surface area contributed by atoms with Gasteiger partial charge in [0.15, 0.2) is 0 Å². The Hall–Kier alpha value is -1.64. The van der Waals surface area contributed by atoms with Crippen LogP contribution < -0.4 is 0 Å². The molecule has 0 saturated carbocycles. The topological polar surface area (TPSA) is 34.9 Å². The molecule has 0 amide bonds. The first-order valence-electron chi connectivity index (χ1n) is 5.66. The molecule has 0 aliphatic rings. The van der Waals surface area contributed by atoms with Gasteiger partial charge in [-0.25, -0.2) is 4.98 Å². The minimum atomic E-state index is 0.274. The second-order valence-electron chi connectivity index (χ2n) is 4.09. The van der Waals surface area contributed by atoms with Gasteiger partial charge in [0.2, 0.25) is 0 Å². The number of aromatic nitrogens is 2. The Morgan fingerprint density at radius 1 is 1.31 bits per heavy atom. The van der Waals surface area contributed by atoms with Crippen LogP contribution in [0.1, 0.15) is 26.2 Å². The van der Waals surface area contributed by atoms with Gasteiger partial charge in [0.25, 0.3) is 0 Å². The molecule has 0 aliphatic carbocycles. The first-order valence-corrected chi connectivity index (χ1v) is 5.66. The number of ketones is 1. The molecule has 3 nitrogen and oxygen atoms in total. The van der Waals surface area contributed by atoms with Gasteiger partial charge in [0.1, 0.15) is 5.78 Å². The normalized spacial score (nSPS) is 10.8. The summed E-state index contributed by atoms with van der Waals surface area (Å²) in [7, 11) is 0. The smallest absolute Gasteiger partial charge is 0.129 e. The summed E-state index contributed by atoms with van der Waals surface area (Å²) >= 11 is 0. The number of hydrogen-bond donors (Lipinski definition) is 0. The maximum absolute atomic E-state index is 10.8. The van der Waals surface area contributed by atoms with Crippen LogP contribution >= 0.6 is 0 Å². The highest BCUT2D eigenvalue weighted by Gasteiger charge is 2.01. The number of benzene rings is 1. The number of carbonyl (C=O) groups is 1. The van der Waals surface area contributed by atoms with E-state index in [-0.39, 0.29) is 5.78 Å². The van der Waals surface area contributed by atoms with Gasteiger partial charge in [-0.2, -0.15) is 0 Å². The van der Waals surface area contributed by atoms with Crippen LogP contribution in [-0.2, 0) is 11.3 Å². The Labute approximate surface area is 95.1 Å². The predicted molar refractivity (Wildman–Crippen MR) is 64.3 cm³/mol. The summed E-state index contributed by atoms with van der Waals surface area (Å²) in [6.07, 6.45) is 4.55. The Bertz CT molecular complexity index is 487. The Kier molecular flexibility index (Phi) is 3.34. The number of nitrogens with zero attached hydrogens (tertiary/aromatic N) is 2. The summed E-state index contributed by atoms with van der Waals surface area (Å²) in [6, 6.07) is 8.11. The molecule has 0 unspecified atom stereocenters. The molecule has 1 aromatic carbocycles. The fraction of sp³-hybridized carbons (Fsp3) is 0.385. The lowest BCUT2D eigenvalue weighted by Gasteiger charge is -2.03. The van der Waals surface area contributed by atoms with Crippen molar-refractivity contribution in [3.63, 3.8) is 0 Å². The number of fused-ring (bicyclic) bond motifs is 1. The molecule has 3 heteroatoms. The fourth-order valence-corrected chi connectivity index (χ4v) is 1.84. The van der Waals surface area contributed by atoms with Gasteiger partial charge in [-0.05, 0) is 31.9 Å². The third-order valence-corrected chi connectivity index (χ3v) is 2.71. The molecule has 0 aliphatic heterocycles. The fourth-order valence-electron chi connectivity index (χ4n) is 1.84. The minimum absolute atomic E-state index is 0.274. The van der Waals surface area contributed by atoms with Crippen LogP contribution in [0.15, 0.2) is 30.6 Å². The second kappa shape index (κ2) is 4.92. The Morgan fingerprint density at radius 2 is 2.12 bits per heavy atom. The van der Waals surface area contributed by atoms with Gasteiger partial charge < -0.3 is 9.36 Å². The van der Waals surface area contributed by atoms with Crippen molar-refractivity contribution < 1.29 is 4.79 Å². The molecule has 0 saturated heterocycles. The average molecular weight is 216 g/mol. The van der Waals surface area contributed by atoms with Crippen molar-refractivity contribution in [2.45, 2.75) is 32.7 Å². The maximum Gasteiger partial charge on any atom is 0.129 e. The van der Waals surface area contributed by atoms with Gasteiger partial charge in [-0.3, -0.25) is 0 Å². The van der Waals surface area contributed by atoms with Crippen molar-refractivity contribution in [3.05, 3.63) is 30.6 Å². The summed E-state index contributed by atoms with van der Waals surface area (Å²) in [5.41, 5.74) is 2.21. The van der Waals surface area contributed by atoms with Crippen molar-refractivity contribution >= 4 is 16.8 Å². The second-order valence-corrected chi connectivity index (χ2v) is 4.09. The quantitative estimate of drug-likeness (QED) is 0.720. The summed E-state index contributed by atoms with van der Waals surface area (Å²) in [6.45, 7) is 2.58. The molecule has 16 heavy (non-hydrogen) atoms. The van der Waals surface area contributed by atoms with E-state index in [0.717, 1.165) is 24.9 Å². The largest absolute Gasteiger partial charge is 0.331 e. The summed E-state index contributed by atoms with van der Waals surface area (Å²) in [5, 5.41) is 0. The molecule has 84 valence electrons. The average Bonchev–Trinajstić information content (AvgIpc) is 2.68. The number of imidazole rings is 1. The first kappa shape index (κ1) is 10.9. The van der Waals surface area contributed by atoms with Crippen LogP contribution in [-0.4, -0.2) is 15.3 Å². The van der Waals surface area contributed by atoms with E-state index in [1.54, 1.807) is 6.92 Å². The number of carbonyl (C=O) groups excluding carboxylic acids is 1. The van der Waals surface area contributed by atoms with Crippen molar-refractivity contribution in [1.82, 2.24) is 9.55 Å². The molecule has 0 bridgehead atoms. The van der Waals surface area contributed by atoms with Gasteiger partial charge in [0.05, 0.1) is 17.4 Å². The van der Waals surface area contributed by atoms with Crippen LogP contribution in [0.5, 0.6) is 0 Å². The molecule has 0 N–H and O–H groups in total. The third-order valence-electron chi connectivity index (χ3n) is 2.71. The molecule has 2 rings (SSSR count). The first-order chi connectivity index (χ1) is 7.77. The van der Waals surface area contributed by atoms with Crippen molar-refractivity contribution in [3.8, 4) is 0 Å². The zero-order chi connectivity index (χ0) is 11.4. The molecule has 0 spiro atoms. The van der Waals surface area contributed by atoms with Crippen LogP contribution in [0.4, 0.5) is 0 Å². The van der Waals surface area contributed by atoms with Crippen LogP contribution in [0, 0.1) is 0 Å². The van der Waals surface area contributed by atoms with E-state index < -0.39 is 0 Å². The number of hydrogen-bond acceptors (Lipinski definition) is 2. The standard InChI is InChI=1S/C13H16N2O/c1-11(16)6-4-5-9-15-10-14-12-7-2-3-8-13(12)15/h2-3,7-8,10H,4-6,9H2,1H3. The number of para-hydroxylation sites is 2. The van der Waals surface area contributed by atoms with Gasteiger partial charge >= 0.3 is 0 Å². The number of unbranched alkanes of at least 4 members (excludes halogenated alkanes) is 1. The predicted octanol–water partition coefficient (Wildman–Crippen LogP) is 2.80. The van der Waals surface area contributed by atoms with Crippen LogP contribution in [0.3, 0.4) is 0 Å². The van der Waals surface area contributed by atoms with E-state index in [4.69, 9.17) is 0 Å². The van der Waals surface area contributed by atoms with E-state index in [2.05, 4.69) is 15.6 Å². The molecular formula is C13H16N2O. The van der Waals surface area contributed by atoms with E-state index >= 15 is 0 Å². The summed E-state index contributed by atoms with van der Waals surface area (Å²) < 4.78 is 2.15. The molecule has 1 heterocycles. The number of aryl methyl sites for hydroxylation is 1. The molecule has 2 aromatic rings. The lowest BCUT2D eigenvalue weighted by Crippen LogP contribution is -1.97. The van der Waals surface area contributed by atoms with E-state index in [1.165, 1.54) is 5.52 Å². The molecule has 0 atom stereocenters. The van der Waals surface area contributed by atoms with Crippen molar-refractivity contribution in [2.24, 2.45) is 0 Å². The van der Waals surface area contributed by atoms with Crippen molar-refractivity contribution in [2.75, 3.05) is 0 Å². The zero-order valence-corrected chi connectivity index (χ0v) is 9.52. The van der Waals surface area contributed by atoms with Gasteiger partial charge in [0, 0.05) is 13.0 Å². The van der Waals surface area contributed by atoms with Crippen LogP contribution in [0.2, 0.25) is 0 Å². The van der Waals surface area contributed by atoms with Crippen molar-refractivity contribution in [1.29, 1.82) is 0 Å². The molecule has 0 fully saturated rings. The maximum atomic E-state index is 10.8. The third kappa shape index (κ3) is 2.48. The monoisotopic (exact) mass is 216 g/mol. The Balaban J connectivity index is 1.97. The zero-order valence-electron chi connectivity index (χ0n) is 9.52. The summed E-state index contributed by atoms with van der Waals surface area (Å²) in [5.74, 6) is 0.274. The highest BCUT2D eigenvalue weighted by atomic mass is 16.1. The number of Topliss-reactive ketones (excluding diaryl/α,β-unsaturated/α-hetero) is 1. The highest BCUT2D eigenvalue weighted by molar-refractivity contribution is 5.75. The molecule has 0 radical (unpaired) electrons. The van der Waals surface area contributed by atoms with E-state index in [1.807, 2.05) is 24.5 Å². The highest BCUT2D eigenvalue weighted by Crippen LogP contribution is 2.12. The van der Waals surface area contributed by atoms with Gasteiger partial charge in [-0.15, -0.1) is 0 Å². The Morgan fingerprint density at radius 3 is 2.94 bits per heavy atom.